The van der Waals surface area contributed by atoms with Crippen LogP contribution < -0.4 is 0 Å². The van der Waals surface area contributed by atoms with Gasteiger partial charge in [-0.2, -0.15) is 0 Å². The maximum atomic E-state index is 11.5. The van der Waals surface area contributed by atoms with Crippen molar-refractivity contribution < 1.29 is 9.90 Å². The molecule has 0 aromatic rings. The van der Waals surface area contributed by atoms with E-state index in [1.54, 1.807) is 0 Å². The zero-order chi connectivity index (χ0) is 9.97. The first-order valence-corrected chi connectivity index (χ1v) is 5.72. The third kappa shape index (κ3) is 2.08. The van der Waals surface area contributed by atoms with Crippen molar-refractivity contribution in [1.29, 1.82) is 0 Å². The van der Waals surface area contributed by atoms with Crippen LogP contribution in [0.1, 0.15) is 44.9 Å². The largest absolute Gasteiger partial charge is 0.335 e. The molecule has 0 unspecified atom stereocenters. The molecule has 0 atom stereocenters. The molecular formula is C11H18NO2. The Bertz CT molecular complexity index is 207. The van der Waals surface area contributed by atoms with E-state index in [0.29, 0.717) is 12.1 Å². The zero-order valence-electron chi connectivity index (χ0n) is 8.58. The molecule has 3 heteroatoms. The average Bonchev–Trinajstić information content (AvgIpc) is 3.04. The molecule has 0 N–H and O–H groups in total. The quantitative estimate of drug-likeness (QED) is 0.677. The Labute approximate surface area is 85.1 Å². The standard InChI is InChI=1S/C11H18NO2/c13-8-11(14)12(10-6-7-10)9-4-2-1-3-5-9/h9-10H,1-8H2. The Morgan fingerprint density at radius 2 is 1.57 bits per heavy atom. The topological polar surface area (TPSA) is 40.2 Å². The lowest BCUT2D eigenvalue weighted by Crippen LogP contribution is -2.44. The fraction of sp³-hybridized carbons (Fsp3) is 0.909. The summed E-state index contributed by atoms with van der Waals surface area (Å²) in [5.41, 5.74) is 0. The number of rotatable bonds is 3. The second kappa shape index (κ2) is 4.30. The smallest absolute Gasteiger partial charge is 0.252 e. The van der Waals surface area contributed by atoms with Crippen LogP contribution in [0.15, 0.2) is 0 Å². The van der Waals surface area contributed by atoms with Crippen molar-refractivity contribution in [3.8, 4) is 0 Å². The molecule has 0 aliphatic heterocycles. The molecule has 0 heterocycles. The van der Waals surface area contributed by atoms with Crippen molar-refractivity contribution >= 4 is 5.91 Å². The SMILES string of the molecule is [O]CC(=O)N(C1CCCCC1)C1CC1. The van der Waals surface area contributed by atoms with Crippen LogP contribution >= 0.6 is 0 Å². The summed E-state index contributed by atoms with van der Waals surface area (Å²) < 4.78 is 0. The fourth-order valence-electron chi connectivity index (χ4n) is 2.49. The van der Waals surface area contributed by atoms with Gasteiger partial charge in [-0.05, 0) is 25.7 Å². The van der Waals surface area contributed by atoms with Crippen LogP contribution in [0.5, 0.6) is 0 Å². The Hall–Kier alpha value is -0.570. The summed E-state index contributed by atoms with van der Waals surface area (Å²) in [6, 6.07) is 0.803. The Morgan fingerprint density at radius 3 is 2.07 bits per heavy atom. The van der Waals surface area contributed by atoms with E-state index in [9.17, 15) is 9.90 Å². The van der Waals surface area contributed by atoms with Gasteiger partial charge < -0.3 is 4.90 Å². The Balaban J connectivity index is 1.97. The van der Waals surface area contributed by atoms with Gasteiger partial charge in [0.1, 0.15) is 0 Å². The van der Waals surface area contributed by atoms with E-state index in [0.717, 1.165) is 25.7 Å². The highest BCUT2D eigenvalue weighted by atomic mass is 16.3. The molecule has 2 aliphatic carbocycles. The van der Waals surface area contributed by atoms with Crippen LogP contribution in [0, 0.1) is 0 Å². The number of hydrogen-bond acceptors (Lipinski definition) is 1. The third-order valence-electron chi connectivity index (χ3n) is 3.32. The second-order valence-electron chi connectivity index (χ2n) is 4.47. The summed E-state index contributed by atoms with van der Waals surface area (Å²) in [6.07, 6.45) is 8.19. The molecule has 0 saturated heterocycles. The van der Waals surface area contributed by atoms with E-state index in [-0.39, 0.29) is 5.91 Å². The van der Waals surface area contributed by atoms with Gasteiger partial charge in [0, 0.05) is 12.1 Å². The number of carbonyl (C=O) groups excluding carboxylic acids is 1. The summed E-state index contributed by atoms with van der Waals surface area (Å²) in [5, 5.41) is 10.7. The highest BCUT2D eigenvalue weighted by molar-refractivity contribution is 5.78. The first-order chi connectivity index (χ1) is 6.83. The number of hydrogen-bond donors (Lipinski definition) is 0. The highest BCUT2D eigenvalue weighted by Gasteiger charge is 2.37. The molecule has 14 heavy (non-hydrogen) atoms. The molecule has 1 radical (unpaired) electrons. The minimum Gasteiger partial charge on any atom is -0.335 e. The minimum atomic E-state index is -0.562. The van der Waals surface area contributed by atoms with Crippen molar-refractivity contribution in [2.45, 2.75) is 57.0 Å². The van der Waals surface area contributed by atoms with Crippen LogP contribution in [-0.4, -0.2) is 29.5 Å². The predicted molar refractivity (Wildman–Crippen MR) is 52.3 cm³/mol. The lowest BCUT2D eigenvalue weighted by molar-refractivity contribution is -0.139. The van der Waals surface area contributed by atoms with Crippen LogP contribution in [0.4, 0.5) is 0 Å². The van der Waals surface area contributed by atoms with Crippen LogP contribution in [0.3, 0.4) is 0 Å². The van der Waals surface area contributed by atoms with Gasteiger partial charge in [-0.25, -0.2) is 5.11 Å². The third-order valence-corrected chi connectivity index (χ3v) is 3.32. The van der Waals surface area contributed by atoms with E-state index < -0.39 is 6.61 Å². The van der Waals surface area contributed by atoms with Crippen molar-refractivity contribution in [2.75, 3.05) is 6.61 Å². The normalized spacial score (nSPS) is 23.5. The first kappa shape index (κ1) is 9.97. The first-order valence-electron chi connectivity index (χ1n) is 5.72. The van der Waals surface area contributed by atoms with Gasteiger partial charge in [0.25, 0.3) is 5.91 Å². The van der Waals surface area contributed by atoms with E-state index in [1.807, 2.05) is 4.90 Å². The summed E-state index contributed by atoms with van der Waals surface area (Å²) >= 11 is 0. The Kier molecular flexibility index (Phi) is 3.06. The molecule has 79 valence electrons. The van der Waals surface area contributed by atoms with Gasteiger partial charge in [-0.15, -0.1) is 0 Å². The van der Waals surface area contributed by atoms with Crippen molar-refractivity contribution in [2.24, 2.45) is 0 Å². The molecule has 2 fully saturated rings. The van der Waals surface area contributed by atoms with Gasteiger partial charge >= 0.3 is 0 Å². The predicted octanol–water partition coefficient (Wildman–Crippen LogP) is 1.74. The van der Waals surface area contributed by atoms with Gasteiger partial charge in [0.05, 0.1) is 0 Å². The lowest BCUT2D eigenvalue weighted by Gasteiger charge is -2.34. The van der Waals surface area contributed by atoms with Gasteiger partial charge in [0.15, 0.2) is 6.61 Å². The summed E-state index contributed by atoms with van der Waals surface area (Å²) in [4.78, 5) is 13.4. The Morgan fingerprint density at radius 1 is 1.00 bits per heavy atom. The molecule has 1 amide bonds. The van der Waals surface area contributed by atoms with Gasteiger partial charge in [-0.1, -0.05) is 19.3 Å². The molecule has 0 aromatic carbocycles. The molecule has 3 nitrogen and oxygen atoms in total. The maximum absolute atomic E-state index is 11.5. The lowest BCUT2D eigenvalue weighted by atomic mass is 9.94. The van der Waals surface area contributed by atoms with Crippen LogP contribution in [-0.2, 0) is 9.90 Å². The summed E-state index contributed by atoms with van der Waals surface area (Å²) in [5.74, 6) is -0.167. The van der Waals surface area contributed by atoms with Crippen molar-refractivity contribution in [3.63, 3.8) is 0 Å². The van der Waals surface area contributed by atoms with E-state index in [2.05, 4.69) is 0 Å². The summed E-state index contributed by atoms with van der Waals surface area (Å²) in [6.45, 7) is -0.562. The fourth-order valence-corrected chi connectivity index (χ4v) is 2.49. The zero-order valence-corrected chi connectivity index (χ0v) is 8.58. The van der Waals surface area contributed by atoms with Crippen LogP contribution in [0.25, 0.3) is 0 Å². The second-order valence-corrected chi connectivity index (χ2v) is 4.47. The molecule has 2 saturated carbocycles. The number of nitrogens with zero attached hydrogens (tertiary/aromatic N) is 1. The molecule has 0 aromatic heterocycles. The molecule has 2 aliphatic rings. The van der Waals surface area contributed by atoms with Crippen molar-refractivity contribution in [3.05, 3.63) is 0 Å². The molecule has 0 spiro atoms. The number of amides is 1. The minimum absolute atomic E-state index is 0.167. The summed E-state index contributed by atoms with van der Waals surface area (Å²) in [7, 11) is 0. The van der Waals surface area contributed by atoms with Crippen molar-refractivity contribution in [1.82, 2.24) is 4.90 Å². The van der Waals surface area contributed by atoms with Gasteiger partial charge in [0.2, 0.25) is 0 Å². The molecule has 0 bridgehead atoms. The van der Waals surface area contributed by atoms with E-state index in [1.165, 1.54) is 19.3 Å². The molecule has 2 rings (SSSR count). The maximum Gasteiger partial charge on any atom is 0.252 e. The average molecular weight is 196 g/mol. The van der Waals surface area contributed by atoms with Crippen LogP contribution in [0.2, 0.25) is 0 Å². The van der Waals surface area contributed by atoms with E-state index in [4.69, 9.17) is 0 Å². The number of carbonyl (C=O) groups is 1. The van der Waals surface area contributed by atoms with Gasteiger partial charge in [-0.3, -0.25) is 4.79 Å². The molecular weight excluding hydrogens is 178 g/mol. The van der Waals surface area contributed by atoms with E-state index >= 15 is 0 Å². The monoisotopic (exact) mass is 196 g/mol. The highest BCUT2D eigenvalue weighted by Crippen LogP contribution is 2.33.